The fourth-order valence-corrected chi connectivity index (χ4v) is 13.6. The molecule has 2 aliphatic rings. The largest absolute Gasteiger partial charge is 0.282 e. The number of thiophene rings is 4. The molecule has 0 fully saturated rings. The molecule has 0 amide bonds. The number of hydrogen-bond acceptors (Lipinski definition) is 8. The highest BCUT2D eigenvalue weighted by atomic mass is 32.1. The van der Waals surface area contributed by atoms with Crippen molar-refractivity contribution in [3.05, 3.63) is 229 Å². The van der Waals surface area contributed by atoms with E-state index in [9.17, 15) is 0 Å². The highest BCUT2D eigenvalue weighted by Gasteiger charge is 2.46. The van der Waals surface area contributed by atoms with E-state index in [2.05, 4.69) is 267 Å². The monoisotopic (exact) mass is 980 g/mol. The molecular formula is C62H52N4S4. The number of fused-ring (bicyclic) bond motifs is 2. The van der Waals surface area contributed by atoms with Gasteiger partial charge in [-0.3, -0.25) is 19.6 Å². The molecule has 0 saturated carbocycles. The third-order valence-electron chi connectivity index (χ3n) is 13.2. The van der Waals surface area contributed by atoms with Gasteiger partial charge in [-0.1, -0.05) is 175 Å². The van der Waals surface area contributed by atoms with E-state index in [1.54, 1.807) is 0 Å². The standard InChI is InChI=1S/C62H52N4S4/c1-61(2,3)45-27-29-47-49(39-45)65(57-37-33-53(69-57)43-23-15-9-16-24-43)59(63(47)55-35-31-51(67-55)41-19-11-7-12-20-41)60-64(56-36-32-52(68-56)42-21-13-8-14-22-42)48-30-28-46(62(4,5)6)40-50(48)66(60)58-38-34-54(70-58)44-25-17-10-18-26-44/h7-40H,1-6H3/b60-59+. The molecule has 0 spiro atoms. The van der Waals surface area contributed by atoms with Crippen LogP contribution in [-0.4, -0.2) is 0 Å². The van der Waals surface area contributed by atoms with Gasteiger partial charge in [-0.2, -0.15) is 0 Å². The van der Waals surface area contributed by atoms with Crippen molar-refractivity contribution in [2.45, 2.75) is 52.4 Å². The number of hydrogen-bond donors (Lipinski definition) is 0. The van der Waals surface area contributed by atoms with Gasteiger partial charge in [0.25, 0.3) is 0 Å². The predicted molar refractivity (Wildman–Crippen MR) is 305 cm³/mol. The molecule has 0 unspecified atom stereocenters. The van der Waals surface area contributed by atoms with Crippen LogP contribution in [0.1, 0.15) is 52.7 Å². The summed E-state index contributed by atoms with van der Waals surface area (Å²) in [5.74, 6) is 2.14. The zero-order valence-corrected chi connectivity index (χ0v) is 43.3. The molecule has 0 aliphatic carbocycles. The highest BCUT2D eigenvalue weighted by Crippen LogP contribution is 2.61. The molecule has 8 heteroatoms. The van der Waals surface area contributed by atoms with E-state index in [4.69, 9.17) is 0 Å². The van der Waals surface area contributed by atoms with Crippen molar-refractivity contribution in [2.75, 3.05) is 19.6 Å². The maximum atomic E-state index is 2.58. The van der Waals surface area contributed by atoms with E-state index in [0.29, 0.717) is 0 Å². The summed E-state index contributed by atoms with van der Waals surface area (Å²) in [5, 5.41) is 4.59. The van der Waals surface area contributed by atoms with Gasteiger partial charge in [0.2, 0.25) is 0 Å². The minimum atomic E-state index is -0.0872. The minimum absolute atomic E-state index is 0.0872. The maximum absolute atomic E-state index is 2.58. The molecule has 0 atom stereocenters. The number of benzene rings is 6. The Morgan fingerprint density at radius 2 is 0.529 bits per heavy atom. The van der Waals surface area contributed by atoms with Crippen LogP contribution < -0.4 is 19.6 Å². The van der Waals surface area contributed by atoms with Crippen LogP contribution in [0.15, 0.2) is 218 Å². The summed E-state index contributed by atoms with van der Waals surface area (Å²) in [7, 11) is 0. The summed E-state index contributed by atoms with van der Waals surface area (Å²) in [6.45, 7) is 13.9. The van der Waals surface area contributed by atoms with Gasteiger partial charge in [-0.25, -0.2) is 0 Å². The second-order valence-electron chi connectivity index (χ2n) is 19.9. The third-order valence-corrected chi connectivity index (χ3v) is 17.7. The van der Waals surface area contributed by atoms with E-state index in [1.165, 1.54) is 52.9 Å². The van der Waals surface area contributed by atoms with Gasteiger partial charge in [0.1, 0.15) is 20.0 Å². The average molecular weight is 981 g/mol. The topological polar surface area (TPSA) is 13.0 Å². The summed E-state index contributed by atoms with van der Waals surface area (Å²) in [4.78, 5) is 15.2. The summed E-state index contributed by atoms with van der Waals surface area (Å²) in [6, 6.07) is 76.1. The van der Waals surface area contributed by atoms with Crippen molar-refractivity contribution >= 4 is 88.1 Å². The third kappa shape index (κ3) is 7.89. The Hall–Kier alpha value is -6.94. The molecule has 344 valence electrons. The summed E-state index contributed by atoms with van der Waals surface area (Å²) < 4.78 is 0. The zero-order chi connectivity index (χ0) is 47.7. The lowest BCUT2D eigenvalue weighted by molar-refractivity contribution is 0.590. The Kier molecular flexibility index (Phi) is 11.1. The fourth-order valence-electron chi connectivity index (χ4n) is 9.49. The molecule has 70 heavy (non-hydrogen) atoms. The van der Waals surface area contributed by atoms with E-state index in [0.717, 1.165) is 54.4 Å². The SMILES string of the molecule is CC(C)(C)c1ccc2c(c1)N(c1ccc(-c3ccccc3)s1)/C(=C1\N(c3ccc(-c4ccccc4)s3)c3ccc(C(C)(C)C)cc3N1c1ccc(-c3ccccc3)s1)N2c1ccc(-c2ccccc2)s1. The van der Waals surface area contributed by atoms with Crippen LogP contribution in [0.2, 0.25) is 0 Å². The van der Waals surface area contributed by atoms with Crippen molar-refractivity contribution in [3.8, 4) is 41.8 Å². The average Bonchev–Trinajstić information content (AvgIpc) is 4.25. The fraction of sp³-hybridized carbons (Fsp3) is 0.129. The van der Waals surface area contributed by atoms with Gasteiger partial charge < -0.3 is 0 Å². The van der Waals surface area contributed by atoms with Gasteiger partial charge >= 0.3 is 0 Å². The Bertz CT molecular complexity index is 3300. The summed E-state index contributed by atoms with van der Waals surface area (Å²) in [6.07, 6.45) is 0. The van der Waals surface area contributed by atoms with Gasteiger partial charge in [0, 0.05) is 19.5 Å². The van der Waals surface area contributed by atoms with Crippen molar-refractivity contribution < 1.29 is 0 Å². The Morgan fingerprint density at radius 3 is 0.786 bits per heavy atom. The molecule has 10 aromatic rings. The molecule has 0 radical (unpaired) electrons. The second-order valence-corrected chi connectivity index (χ2v) is 24.2. The molecular weight excluding hydrogens is 929 g/mol. The lowest BCUT2D eigenvalue weighted by Crippen LogP contribution is -2.32. The van der Waals surface area contributed by atoms with Crippen LogP contribution in [0.4, 0.5) is 42.8 Å². The molecule has 0 bridgehead atoms. The smallest absolute Gasteiger partial charge is 0.167 e. The van der Waals surface area contributed by atoms with Crippen LogP contribution in [0.5, 0.6) is 0 Å². The van der Waals surface area contributed by atoms with Gasteiger partial charge in [0.15, 0.2) is 11.6 Å². The van der Waals surface area contributed by atoms with Crippen molar-refractivity contribution in [1.29, 1.82) is 0 Å². The van der Waals surface area contributed by atoms with Crippen LogP contribution in [-0.2, 0) is 10.8 Å². The van der Waals surface area contributed by atoms with E-state index >= 15 is 0 Å². The molecule has 4 aromatic heterocycles. The first-order valence-corrected chi connectivity index (χ1v) is 27.1. The van der Waals surface area contributed by atoms with E-state index in [1.807, 2.05) is 45.3 Å². The molecule has 12 rings (SSSR count). The first-order chi connectivity index (χ1) is 34.0. The van der Waals surface area contributed by atoms with Crippen LogP contribution in [0.25, 0.3) is 41.8 Å². The number of nitrogens with zero attached hydrogens (tertiary/aromatic N) is 4. The molecule has 2 aliphatic heterocycles. The van der Waals surface area contributed by atoms with Gasteiger partial charge in [-0.05, 0) is 117 Å². The number of rotatable bonds is 8. The molecule has 4 nitrogen and oxygen atoms in total. The van der Waals surface area contributed by atoms with Crippen LogP contribution >= 0.6 is 45.3 Å². The Morgan fingerprint density at radius 1 is 0.271 bits per heavy atom. The molecule has 6 aromatic carbocycles. The molecule has 0 N–H and O–H groups in total. The zero-order valence-electron chi connectivity index (χ0n) is 40.1. The first kappa shape index (κ1) is 44.3. The summed E-state index contributed by atoms with van der Waals surface area (Å²) in [5.41, 5.74) is 11.8. The van der Waals surface area contributed by atoms with E-state index in [-0.39, 0.29) is 10.8 Å². The lowest BCUT2D eigenvalue weighted by Gasteiger charge is -2.32. The Labute approximate surface area is 427 Å². The van der Waals surface area contributed by atoms with Crippen LogP contribution in [0, 0.1) is 0 Å². The minimum Gasteiger partial charge on any atom is -0.282 e. The highest BCUT2D eigenvalue weighted by molar-refractivity contribution is 7.21. The molecule has 6 heterocycles. The maximum Gasteiger partial charge on any atom is 0.167 e. The number of anilines is 8. The first-order valence-electron chi connectivity index (χ1n) is 23.8. The van der Waals surface area contributed by atoms with Gasteiger partial charge in [-0.15, -0.1) is 45.3 Å². The van der Waals surface area contributed by atoms with Crippen molar-refractivity contribution in [2.24, 2.45) is 0 Å². The predicted octanol–water partition coefficient (Wildman–Crippen LogP) is 19.6. The van der Waals surface area contributed by atoms with Crippen molar-refractivity contribution in [1.82, 2.24) is 0 Å². The quantitative estimate of drug-likeness (QED) is 0.150. The van der Waals surface area contributed by atoms with Crippen molar-refractivity contribution in [3.63, 3.8) is 0 Å². The normalized spacial score (nSPS) is 14.7. The van der Waals surface area contributed by atoms with Crippen LogP contribution in [0.3, 0.4) is 0 Å². The summed E-state index contributed by atoms with van der Waals surface area (Å²) >= 11 is 7.37. The Balaban J connectivity index is 1.20. The van der Waals surface area contributed by atoms with E-state index < -0.39 is 0 Å². The van der Waals surface area contributed by atoms with Gasteiger partial charge in [0.05, 0.1) is 22.7 Å². The lowest BCUT2D eigenvalue weighted by atomic mass is 9.86. The second kappa shape index (κ2) is 17.5. The molecule has 0 saturated heterocycles.